The van der Waals surface area contributed by atoms with Gasteiger partial charge in [-0.25, -0.2) is 8.42 Å². The van der Waals surface area contributed by atoms with E-state index in [1.165, 1.54) is 4.31 Å². The average Bonchev–Trinajstić information content (AvgIpc) is 2.40. The maximum atomic E-state index is 12.4. The van der Waals surface area contributed by atoms with Crippen molar-refractivity contribution in [1.82, 2.24) is 4.31 Å². The van der Waals surface area contributed by atoms with Crippen molar-refractivity contribution >= 4 is 27.8 Å². The molecule has 4 nitrogen and oxygen atoms in total. The van der Waals surface area contributed by atoms with Crippen LogP contribution in [0.1, 0.15) is 24.8 Å². The largest absolute Gasteiger partial charge is 0.287 e. The Labute approximate surface area is 119 Å². The lowest BCUT2D eigenvalue weighted by molar-refractivity contribution is -0.110. The van der Waals surface area contributed by atoms with Gasteiger partial charge in [-0.05, 0) is 30.5 Å². The summed E-state index contributed by atoms with van der Waals surface area (Å²) in [6.07, 6.45) is 3.15. The quantitative estimate of drug-likeness (QED) is 0.863. The number of hydrogen-bond acceptors (Lipinski definition) is 3. The molecule has 1 heterocycles. The lowest BCUT2D eigenvalue weighted by Gasteiger charge is -2.25. The van der Waals surface area contributed by atoms with E-state index in [9.17, 15) is 13.2 Å². The molecular formula is C13H17NO3S2. The molecule has 0 aromatic heterocycles. The second-order valence-electron chi connectivity index (χ2n) is 4.68. The molecule has 1 fully saturated rings. The summed E-state index contributed by atoms with van der Waals surface area (Å²) in [7, 11) is -3.38. The molecule has 1 aliphatic rings. The molecular weight excluding hydrogens is 282 g/mol. The lowest BCUT2D eigenvalue weighted by Crippen LogP contribution is -2.35. The highest BCUT2D eigenvalue weighted by atomic mass is 32.2. The van der Waals surface area contributed by atoms with E-state index >= 15 is 0 Å². The molecule has 0 bridgehead atoms. The first-order valence-corrected chi connectivity index (χ1v) is 8.20. The molecule has 0 atom stereocenters. The van der Waals surface area contributed by atoms with E-state index in [1.54, 1.807) is 24.3 Å². The second-order valence-corrected chi connectivity index (χ2v) is 7.12. The third-order valence-corrected chi connectivity index (χ3v) is 5.30. The van der Waals surface area contributed by atoms with Crippen LogP contribution in [0.2, 0.25) is 0 Å². The van der Waals surface area contributed by atoms with Crippen LogP contribution in [0, 0.1) is 0 Å². The highest BCUT2D eigenvalue weighted by Gasteiger charge is 2.25. The van der Waals surface area contributed by atoms with Crippen molar-refractivity contribution in [2.24, 2.45) is 0 Å². The molecule has 1 aliphatic heterocycles. The van der Waals surface area contributed by atoms with Crippen LogP contribution in [0.25, 0.3) is 0 Å². The van der Waals surface area contributed by atoms with E-state index in [0.29, 0.717) is 18.0 Å². The number of hydrogen-bond donors (Lipinski definition) is 1. The Bertz CT molecular complexity index is 546. The number of rotatable bonds is 4. The lowest BCUT2D eigenvalue weighted by atomic mass is 10.2. The summed E-state index contributed by atoms with van der Waals surface area (Å²) in [5.74, 6) is 0. The zero-order valence-electron chi connectivity index (χ0n) is 10.6. The minimum atomic E-state index is -3.38. The Kier molecular flexibility index (Phi) is 4.65. The van der Waals surface area contributed by atoms with Crippen molar-refractivity contribution in [2.45, 2.75) is 30.6 Å². The van der Waals surface area contributed by atoms with Crippen LogP contribution in [-0.2, 0) is 21.2 Å². The smallest absolute Gasteiger partial charge is 0.243 e. The van der Waals surface area contributed by atoms with Crippen LogP contribution < -0.4 is 0 Å². The van der Waals surface area contributed by atoms with Gasteiger partial charge in [0.25, 0.3) is 0 Å². The van der Waals surface area contributed by atoms with Crippen molar-refractivity contribution < 1.29 is 13.2 Å². The fourth-order valence-electron chi connectivity index (χ4n) is 2.21. The summed E-state index contributed by atoms with van der Waals surface area (Å²) < 4.78 is 26.3. The fraction of sp³-hybridized carbons (Fsp3) is 0.462. The highest BCUT2D eigenvalue weighted by Crippen LogP contribution is 2.21. The van der Waals surface area contributed by atoms with Gasteiger partial charge >= 0.3 is 0 Å². The van der Waals surface area contributed by atoms with Crippen molar-refractivity contribution in [3.63, 3.8) is 0 Å². The number of piperidine rings is 1. The number of carbonyl (C=O) groups is 1. The standard InChI is InChI=1S/C13H17NO3S2/c15-13(18)10-11-4-6-12(7-5-11)19(16,17)14-8-2-1-3-9-14/h4-7H,1-3,8-10H2,(H,15,18). The Hall–Kier alpha value is -0.850. The summed E-state index contributed by atoms with van der Waals surface area (Å²) in [5.41, 5.74) is 0.776. The number of benzene rings is 1. The van der Waals surface area contributed by atoms with Crippen molar-refractivity contribution in [1.29, 1.82) is 0 Å². The SMILES string of the molecule is O=C(S)Cc1ccc(S(=O)(=O)N2CCCCC2)cc1. The first-order valence-electron chi connectivity index (χ1n) is 6.31. The van der Waals surface area contributed by atoms with E-state index in [1.807, 2.05) is 0 Å². The molecule has 0 saturated carbocycles. The van der Waals surface area contributed by atoms with Crippen molar-refractivity contribution in [2.75, 3.05) is 13.1 Å². The molecule has 0 radical (unpaired) electrons. The number of nitrogens with zero attached hydrogens (tertiary/aromatic N) is 1. The molecule has 0 spiro atoms. The van der Waals surface area contributed by atoms with Crippen LogP contribution in [0.3, 0.4) is 0 Å². The molecule has 1 saturated heterocycles. The normalized spacial score (nSPS) is 17.3. The van der Waals surface area contributed by atoms with Gasteiger partial charge in [0.1, 0.15) is 0 Å². The maximum Gasteiger partial charge on any atom is 0.243 e. The van der Waals surface area contributed by atoms with Gasteiger partial charge in [0, 0.05) is 19.5 Å². The van der Waals surface area contributed by atoms with Gasteiger partial charge in [0.15, 0.2) is 5.12 Å². The molecule has 0 aliphatic carbocycles. The molecule has 0 N–H and O–H groups in total. The number of thiol groups is 1. The van der Waals surface area contributed by atoms with Crippen LogP contribution >= 0.6 is 12.6 Å². The molecule has 0 amide bonds. The minimum absolute atomic E-state index is 0.215. The van der Waals surface area contributed by atoms with E-state index in [-0.39, 0.29) is 11.5 Å². The summed E-state index contributed by atoms with van der Waals surface area (Å²) in [5, 5.41) is -0.230. The predicted octanol–water partition coefficient (Wildman–Crippen LogP) is 1.86. The summed E-state index contributed by atoms with van der Waals surface area (Å²) in [4.78, 5) is 11.2. The summed E-state index contributed by atoms with van der Waals surface area (Å²) >= 11 is 3.71. The van der Waals surface area contributed by atoms with Crippen molar-refractivity contribution in [3.05, 3.63) is 29.8 Å². The van der Waals surface area contributed by atoms with Crippen LogP contribution in [0.15, 0.2) is 29.2 Å². The van der Waals surface area contributed by atoms with Crippen LogP contribution in [0.4, 0.5) is 0 Å². The molecule has 104 valence electrons. The van der Waals surface area contributed by atoms with Crippen LogP contribution in [0.5, 0.6) is 0 Å². The molecule has 1 aromatic rings. The fourth-order valence-corrected chi connectivity index (χ4v) is 3.91. The maximum absolute atomic E-state index is 12.4. The van der Waals surface area contributed by atoms with Gasteiger partial charge in [-0.15, -0.1) is 12.6 Å². The minimum Gasteiger partial charge on any atom is -0.287 e. The summed E-state index contributed by atoms with van der Waals surface area (Å²) in [6, 6.07) is 6.47. The summed E-state index contributed by atoms with van der Waals surface area (Å²) in [6.45, 7) is 1.19. The van der Waals surface area contributed by atoms with Crippen molar-refractivity contribution in [3.8, 4) is 0 Å². The molecule has 1 aromatic carbocycles. The van der Waals surface area contributed by atoms with E-state index in [2.05, 4.69) is 12.6 Å². The molecule has 19 heavy (non-hydrogen) atoms. The monoisotopic (exact) mass is 299 g/mol. The highest BCUT2D eigenvalue weighted by molar-refractivity contribution is 7.96. The van der Waals surface area contributed by atoms with Gasteiger partial charge < -0.3 is 0 Å². The first kappa shape index (κ1) is 14.6. The zero-order chi connectivity index (χ0) is 13.9. The zero-order valence-corrected chi connectivity index (χ0v) is 12.3. The second kappa shape index (κ2) is 6.07. The van der Waals surface area contributed by atoms with Gasteiger partial charge in [-0.2, -0.15) is 4.31 Å². The van der Waals surface area contributed by atoms with E-state index < -0.39 is 10.0 Å². The average molecular weight is 299 g/mol. The van der Waals surface area contributed by atoms with Gasteiger partial charge in [-0.1, -0.05) is 18.6 Å². The van der Waals surface area contributed by atoms with Gasteiger partial charge in [0.2, 0.25) is 10.0 Å². The van der Waals surface area contributed by atoms with Crippen LogP contribution in [-0.4, -0.2) is 30.9 Å². The van der Waals surface area contributed by atoms with Gasteiger partial charge in [0.05, 0.1) is 4.90 Å². The molecule has 6 heteroatoms. The predicted molar refractivity (Wildman–Crippen MR) is 76.7 cm³/mol. The third-order valence-electron chi connectivity index (χ3n) is 3.23. The Morgan fingerprint density at radius 2 is 1.68 bits per heavy atom. The Morgan fingerprint density at radius 1 is 1.11 bits per heavy atom. The third kappa shape index (κ3) is 3.58. The Morgan fingerprint density at radius 3 is 2.21 bits per heavy atom. The van der Waals surface area contributed by atoms with E-state index in [4.69, 9.17) is 0 Å². The first-order chi connectivity index (χ1) is 9.00. The van der Waals surface area contributed by atoms with E-state index in [0.717, 1.165) is 24.8 Å². The number of sulfonamides is 1. The molecule has 0 unspecified atom stereocenters. The topological polar surface area (TPSA) is 54.5 Å². The van der Waals surface area contributed by atoms with Gasteiger partial charge in [-0.3, -0.25) is 4.79 Å². The molecule has 2 rings (SSSR count). The number of carbonyl (C=O) groups excluding carboxylic acids is 1. The Balaban J connectivity index is 2.18.